The van der Waals surface area contributed by atoms with Crippen molar-refractivity contribution in [3.63, 3.8) is 0 Å². The van der Waals surface area contributed by atoms with Gasteiger partial charge in [0.05, 0.1) is 5.56 Å². The van der Waals surface area contributed by atoms with Crippen LogP contribution in [0.4, 0.5) is 8.78 Å². The Morgan fingerprint density at radius 2 is 2.00 bits per heavy atom. The molecule has 5 heteroatoms. The molecule has 1 rings (SSSR count). The molecule has 88 valence electrons. The monoisotopic (exact) mass is 230 g/mol. The zero-order valence-corrected chi connectivity index (χ0v) is 8.96. The Hall–Kier alpha value is -1.65. The Morgan fingerprint density at radius 1 is 1.38 bits per heavy atom. The fraction of sp³-hybridized carbons (Fsp3) is 0.364. The standard InChI is InChI=1S/C11H12F2O3/c1-6-7(2)9(16-5-10(12)13)4-3-8(6)11(14)15/h3-4,10H,5H2,1-2H3,(H,14,15). The van der Waals surface area contributed by atoms with Gasteiger partial charge in [0, 0.05) is 0 Å². The first-order chi connectivity index (χ1) is 7.43. The van der Waals surface area contributed by atoms with Gasteiger partial charge in [0.25, 0.3) is 6.43 Å². The van der Waals surface area contributed by atoms with Gasteiger partial charge in [0.15, 0.2) is 0 Å². The predicted molar refractivity (Wildman–Crippen MR) is 54.4 cm³/mol. The molecule has 0 fully saturated rings. The fourth-order valence-electron chi connectivity index (χ4n) is 1.34. The fourth-order valence-corrected chi connectivity index (χ4v) is 1.34. The molecule has 0 aliphatic heterocycles. The van der Waals surface area contributed by atoms with Crippen molar-refractivity contribution in [3.05, 3.63) is 28.8 Å². The maximum Gasteiger partial charge on any atom is 0.335 e. The first-order valence-electron chi connectivity index (χ1n) is 4.68. The van der Waals surface area contributed by atoms with Crippen molar-refractivity contribution in [1.29, 1.82) is 0 Å². The number of benzene rings is 1. The normalized spacial score (nSPS) is 10.6. The van der Waals surface area contributed by atoms with Crippen LogP contribution in [0.3, 0.4) is 0 Å². The van der Waals surface area contributed by atoms with Crippen LogP contribution in [0.1, 0.15) is 21.5 Å². The van der Waals surface area contributed by atoms with Crippen molar-refractivity contribution in [1.82, 2.24) is 0 Å². The molecule has 0 radical (unpaired) electrons. The molecule has 0 amide bonds. The van der Waals surface area contributed by atoms with E-state index >= 15 is 0 Å². The van der Waals surface area contributed by atoms with Gasteiger partial charge in [-0.2, -0.15) is 0 Å². The van der Waals surface area contributed by atoms with Gasteiger partial charge in [0.1, 0.15) is 12.4 Å². The second-order valence-electron chi connectivity index (χ2n) is 3.37. The molecule has 0 saturated carbocycles. The van der Waals surface area contributed by atoms with Crippen LogP contribution in [0.25, 0.3) is 0 Å². The largest absolute Gasteiger partial charge is 0.487 e. The van der Waals surface area contributed by atoms with Crippen molar-refractivity contribution < 1.29 is 23.4 Å². The number of carbonyl (C=O) groups is 1. The third-order valence-corrected chi connectivity index (χ3v) is 2.33. The number of carboxylic acid groups (broad SMARTS) is 1. The molecular weight excluding hydrogens is 218 g/mol. The summed E-state index contributed by atoms with van der Waals surface area (Å²) in [7, 11) is 0. The Kier molecular flexibility index (Phi) is 3.82. The lowest BCUT2D eigenvalue weighted by Gasteiger charge is -2.12. The van der Waals surface area contributed by atoms with E-state index in [1.807, 2.05) is 0 Å². The summed E-state index contributed by atoms with van der Waals surface area (Å²) < 4.78 is 28.8. The summed E-state index contributed by atoms with van der Waals surface area (Å²) in [4.78, 5) is 10.8. The summed E-state index contributed by atoms with van der Waals surface area (Å²) >= 11 is 0. The van der Waals surface area contributed by atoms with E-state index in [0.717, 1.165) is 0 Å². The van der Waals surface area contributed by atoms with Gasteiger partial charge in [-0.3, -0.25) is 0 Å². The molecule has 16 heavy (non-hydrogen) atoms. The van der Waals surface area contributed by atoms with Crippen molar-refractivity contribution in [2.45, 2.75) is 20.3 Å². The van der Waals surface area contributed by atoms with Crippen LogP contribution in [0.2, 0.25) is 0 Å². The minimum atomic E-state index is -2.54. The van der Waals surface area contributed by atoms with E-state index < -0.39 is 19.0 Å². The molecule has 3 nitrogen and oxygen atoms in total. The first-order valence-corrected chi connectivity index (χ1v) is 4.68. The topological polar surface area (TPSA) is 46.5 Å². The lowest BCUT2D eigenvalue weighted by atomic mass is 10.0. The van der Waals surface area contributed by atoms with Gasteiger partial charge in [-0.05, 0) is 37.1 Å². The van der Waals surface area contributed by atoms with Crippen molar-refractivity contribution in [2.75, 3.05) is 6.61 Å². The lowest BCUT2D eigenvalue weighted by Crippen LogP contribution is -2.09. The highest BCUT2D eigenvalue weighted by molar-refractivity contribution is 5.90. The molecule has 0 aromatic heterocycles. The predicted octanol–water partition coefficient (Wildman–Crippen LogP) is 2.65. The number of rotatable bonds is 4. The first kappa shape index (κ1) is 12.4. The Balaban J connectivity index is 2.98. The van der Waals surface area contributed by atoms with E-state index in [-0.39, 0.29) is 5.56 Å². The zero-order valence-electron chi connectivity index (χ0n) is 8.96. The van der Waals surface area contributed by atoms with Crippen LogP contribution in [0.15, 0.2) is 12.1 Å². The quantitative estimate of drug-likeness (QED) is 0.864. The third kappa shape index (κ3) is 2.68. The number of alkyl halides is 2. The maximum absolute atomic E-state index is 11.9. The van der Waals surface area contributed by atoms with Crippen molar-refractivity contribution in [2.24, 2.45) is 0 Å². The highest BCUT2D eigenvalue weighted by Gasteiger charge is 2.13. The number of aromatic carboxylic acids is 1. The molecule has 0 atom stereocenters. The summed E-state index contributed by atoms with van der Waals surface area (Å²) in [6.07, 6.45) is -2.54. The van der Waals surface area contributed by atoms with Crippen LogP contribution in [0, 0.1) is 13.8 Å². The smallest absolute Gasteiger partial charge is 0.335 e. The SMILES string of the molecule is Cc1c(OCC(F)F)ccc(C(=O)O)c1C. The van der Waals surface area contributed by atoms with Crippen LogP contribution >= 0.6 is 0 Å². The van der Waals surface area contributed by atoms with E-state index in [1.54, 1.807) is 13.8 Å². The molecule has 0 aliphatic rings. The van der Waals surface area contributed by atoms with E-state index in [0.29, 0.717) is 16.9 Å². The van der Waals surface area contributed by atoms with Gasteiger partial charge in [-0.15, -0.1) is 0 Å². The average Bonchev–Trinajstić information content (AvgIpc) is 2.19. The summed E-state index contributed by atoms with van der Waals surface area (Å²) in [6, 6.07) is 2.75. The molecule has 0 heterocycles. The molecule has 1 N–H and O–H groups in total. The van der Waals surface area contributed by atoms with Crippen LogP contribution in [-0.2, 0) is 0 Å². The highest BCUT2D eigenvalue weighted by atomic mass is 19.3. The summed E-state index contributed by atoms with van der Waals surface area (Å²) in [5.74, 6) is -0.746. The number of hydrogen-bond donors (Lipinski definition) is 1. The zero-order chi connectivity index (χ0) is 12.3. The third-order valence-electron chi connectivity index (χ3n) is 2.33. The summed E-state index contributed by atoms with van der Waals surface area (Å²) in [5.41, 5.74) is 1.25. The molecule has 0 saturated heterocycles. The molecule has 0 aliphatic carbocycles. The van der Waals surface area contributed by atoms with E-state index in [2.05, 4.69) is 0 Å². The van der Waals surface area contributed by atoms with Crippen LogP contribution in [0.5, 0.6) is 5.75 Å². The second kappa shape index (κ2) is 4.92. The van der Waals surface area contributed by atoms with Crippen molar-refractivity contribution in [3.8, 4) is 5.75 Å². The van der Waals surface area contributed by atoms with E-state index in [4.69, 9.17) is 9.84 Å². The molecule has 0 unspecified atom stereocenters. The molecule has 1 aromatic rings. The number of ether oxygens (including phenoxy) is 1. The maximum atomic E-state index is 11.9. The Labute approximate surface area is 91.7 Å². The van der Waals surface area contributed by atoms with E-state index in [9.17, 15) is 13.6 Å². The van der Waals surface area contributed by atoms with Crippen LogP contribution in [-0.4, -0.2) is 24.1 Å². The van der Waals surface area contributed by atoms with Gasteiger partial charge in [-0.25, -0.2) is 13.6 Å². The second-order valence-corrected chi connectivity index (χ2v) is 3.37. The van der Waals surface area contributed by atoms with E-state index in [1.165, 1.54) is 12.1 Å². The van der Waals surface area contributed by atoms with Gasteiger partial charge >= 0.3 is 5.97 Å². The van der Waals surface area contributed by atoms with Crippen molar-refractivity contribution >= 4 is 5.97 Å². The molecule has 0 spiro atoms. The number of carboxylic acids is 1. The van der Waals surface area contributed by atoms with Gasteiger partial charge < -0.3 is 9.84 Å². The lowest BCUT2D eigenvalue weighted by molar-refractivity contribution is 0.0694. The number of halogens is 2. The van der Waals surface area contributed by atoms with Gasteiger partial charge in [0.2, 0.25) is 0 Å². The molecular formula is C11H12F2O3. The minimum absolute atomic E-state index is 0.155. The number of hydrogen-bond acceptors (Lipinski definition) is 2. The highest BCUT2D eigenvalue weighted by Crippen LogP contribution is 2.24. The average molecular weight is 230 g/mol. The summed E-state index contributed by atoms with van der Waals surface area (Å²) in [6.45, 7) is 2.57. The van der Waals surface area contributed by atoms with Gasteiger partial charge in [-0.1, -0.05) is 0 Å². The Morgan fingerprint density at radius 3 is 2.50 bits per heavy atom. The minimum Gasteiger partial charge on any atom is -0.487 e. The molecule has 0 bridgehead atoms. The molecule has 1 aromatic carbocycles. The Bertz CT molecular complexity index is 402. The van der Waals surface area contributed by atoms with Crippen LogP contribution < -0.4 is 4.74 Å². The summed E-state index contributed by atoms with van der Waals surface area (Å²) in [5, 5.41) is 8.84.